The van der Waals surface area contributed by atoms with Gasteiger partial charge in [0.25, 0.3) is 0 Å². The standard InChI is InChI=1S/C17H23NO4S/c1-13(2)16-12-15(8-9-17(16)21-3)23(19,20)18-10-4-6-14-7-5-11-22-14/h5,7-9,11-13,18H,4,6,10H2,1-3H3. The number of nitrogens with one attached hydrogen (secondary N) is 1. The lowest BCUT2D eigenvalue weighted by atomic mass is 10.0. The van der Waals surface area contributed by atoms with Gasteiger partial charge in [-0.3, -0.25) is 0 Å². The van der Waals surface area contributed by atoms with Crippen molar-refractivity contribution in [2.45, 2.75) is 37.5 Å². The number of aryl methyl sites for hydroxylation is 1. The molecule has 1 N–H and O–H groups in total. The van der Waals surface area contributed by atoms with E-state index < -0.39 is 10.0 Å². The van der Waals surface area contributed by atoms with Gasteiger partial charge in [-0.1, -0.05) is 13.8 Å². The van der Waals surface area contributed by atoms with Crippen LogP contribution >= 0.6 is 0 Å². The first-order valence-electron chi connectivity index (χ1n) is 7.64. The molecule has 0 bridgehead atoms. The predicted molar refractivity (Wildman–Crippen MR) is 89.3 cm³/mol. The number of hydrogen-bond donors (Lipinski definition) is 1. The molecule has 0 saturated heterocycles. The molecule has 23 heavy (non-hydrogen) atoms. The summed E-state index contributed by atoms with van der Waals surface area (Å²) >= 11 is 0. The van der Waals surface area contributed by atoms with E-state index in [0.29, 0.717) is 25.1 Å². The van der Waals surface area contributed by atoms with Crippen molar-refractivity contribution in [2.75, 3.05) is 13.7 Å². The van der Waals surface area contributed by atoms with Crippen LogP contribution in [-0.4, -0.2) is 22.1 Å². The molecule has 126 valence electrons. The third-order valence-corrected chi connectivity index (χ3v) is 5.06. The Labute approximate surface area is 137 Å². The molecular weight excluding hydrogens is 314 g/mol. The van der Waals surface area contributed by atoms with Gasteiger partial charge < -0.3 is 9.15 Å². The maximum absolute atomic E-state index is 12.4. The summed E-state index contributed by atoms with van der Waals surface area (Å²) in [4.78, 5) is 0.264. The molecule has 1 heterocycles. The van der Waals surface area contributed by atoms with E-state index in [1.54, 1.807) is 31.6 Å². The molecule has 1 aromatic heterocycles. The summed E-state index contributed by atoms with van der Waals surface area (Å²) in [6.07, 6.45) is 3.00. The first kappa shape index (κ1) is 17.6. The molecular formula is C17H23NO4S. The van der Waals surface area contributed by atoms with Crippen LogP contribution in [0.15, 0.2) is 45.9 Å². The molecule has 1 aromatic carbocycles. The third kappa shape index (κ3) is 4.59. The van der Waals surface area contributed by atoms with Crippen LogP contribution in [-0.2, 0) is 16.4 Å². The lowest BCUT2D eigenvalue weighted by Crippen LogP contribution is -2.25. The van der Waals surface area contributed by atoms with E-state index in [-0.39, 0.29) is 10.8 Å². The van der Waals surface area contributed by atoms with Crippen LogP contribution in [0.5, 0.6) is 5.75 Å². The third-order valence-electron chi connectivity index (χ3n) is 3.61. The minimum Gasteiger partial charge on any atom is -0.496 e. The Morgan fingerprint density at radius 3 is 2.65 bits per heavy atom. The maximum atomic E-state index is 12.4. The molecule has 5 nitrogen and oxygen atoms in total. The van der Waals surface area contributed by atoms with E-state index in [1.165, 1.54) is 0 Å². The number of ether oxygens (including phenoxy) is 1. The average molecular weight is 337 g/mol. The van der Waals surface area contributed by atoms with Crippen molar-refractivity contribution in [1.82, 2.24) is 4.72 Å². The Morgan fingerprint density at radius 1 is 1.26 bits per heavy atom. The molecule has 6 heteroatoms. The molecule has 0 aliphatic heterocycles. The van der Waals surface area contributed by atoms with Gasteiger partial charge in [0.15, 0.2) is 0 Å². The zero-order valence-electron chi connectivity index (χ0n) is 13.7. The Hall–Kier alpha value is -1.79. The number of furan rings is 1. The van der Waals surface area contributed by atoms with Crippen LogP contribution in [0.1, 0.15) is 37.5 Å². The fourth-order valence-electron chi connectivity index (χ4n) is 2.34. The van der Waals surface area contributed by atoms with E-state index in [9.17, 15) is 8.42 Å². The highest BCUT2D eigenvalue weighted by Crippen LogP contribution is 2.28. The zero-order valence-corrected chi connectivity index (χ0v) is 14.5. The first-order chi connectivity index (χ1) is 10.9. The minimum atomic E-state index is -3.52. The van der Waals surface area contributed by atoms with Crippen LogP contribution in [0.25, 0.3) is 0 Å². The van der Waals surface area contributed by atoms with E-state index >= 15 is 0 Å². The lowest BCUT2D eigenvalue weighted by Gasteiger charge is -2.14. The number of rotatable bonds is 8. The fraction of sp³-hybridized carbons (Fsp3) is 0.412. The van der Waals surface area contributed by atoms with E-state index in [4.69, 9.17) is 9.15 Å². The Bertz CT molecular complexity index is 721. The minimum absolute atomic E-state index is 0.180. The predicted octanol–water partition coefficient (Wildman–Crippen LogP) is 3.32. The van der Waals surface area contributed by atoms with Crippen molar-refractivity contribution in [3.8, 4) is 5.75 Å². The van der Waals surface area contributed by atoms with Crippen molar-refractivity contribution in [1.29, 1.82) is 0 Å². The lowest BCUT2D eigenvalue weighted by molar-refractivity contribution is 0.407. The monoisotopic (exact) mass is 337 g/mol. The molecule has 2 rings (SSSR count). The summed E-state index contributed by atoms with van der Waals surface area (Å²) in [6, 6.07) is 8.65. The van der Waals surface area contributed by atoms with Gasteiger partial charge in [-0.25, -0.2) is 13.1 Å². The van der Waals surface area contributed by atoms with Crippen molar-refractivity contribution in [2.24, 2.45) is 0 Å². The molecule has 0 atom stereocenters. The topological polar surface area (TPSA) is 68.5 Å². The molecule has 0 amide bonds. The summed E-state index contributed by atoms with van der Waals surface area (Å²) in [7, 11) is -1.93. The van der Waals surface area contributed by atoms with E-state index in [1.807, 2.05) is 26.0 Å². The summed E-state index contributed by atoms with van der Waals surface area (Å²) in [5.41, 5.74) is 0.881. The number of methoxy groups -OCH3 is 1. The molecule has 0 aliphatic carbocycles. The second-order valence-corrected chi connectivity index (χ2v) is 7.41. The normalized spacial score (nSPS) is 11.8. The van der Waals surface area contributed by atoms with Crippen LogP contribution in [0, 0.1) is 0 Å². The van der Waals surface area contributed by atoms with Crippen molar-refractivity contribution < 1.29 is 17.6 Å². The Morgan fingerprint density at radius 2 is 2.04 bits per heavy atom. The highest BCUT2D eigenvalue weighted by molar-refractivity contribution is 7.89. The smallest absolute Gasteiger partial charge is 0.240 e. The summed E-state index contributed by atoms with van der Waals surface area (Å²) in [5, 5.41) is 0. The molecule has 0 spiro atoms. The maximum Gasteiger partial charge on any atom is 0.240 e. The Balaban J connectivity index is 2.02. The first-order valence-corrected chi connectivity index (χ1v) is 9.12. The van der Waals surface area contributed by atoms with Gasteiger partial charge in [-0.15, -0.1) is 0 Å². The van der Waals surface area contributed by atoms with Crippen molar-refractivity contribution in [3.63, 3.8) is 0 Å². The van der Waals surface area contributed by atoms with Crippen LogP contribution in [0.2, 0.25) is 0 Å². The van der Waals surface area contributed by atoms with Gasteiger partial charge in [0.1, 0.15) is 11.5 Å². The molecule has 0 radical (unpaired) electrons. The summed E-state index contributed by atoms with van der Waals surface area (Å²) < 4.78 is 37.9. The van der Waals surface area contributed by atoms with Gasteiger partial charge in [0.05, 0.1) is 18.3 Å². The number of benzene rings is 1. The quantitative estimate of drug-likeness (QED) is 0.750. The molecule has 0 aliphatic rings. The van der Waals surface area contributed by atoms with Crippen LogP contribution < -0.4 is 9.46 Å². The van der Waals surface area contributed by atoms with Gasteiger partial charge in [-0.2, -0.15) is 0 Å². The second kappa shape index (κ2) is 7.66. The van der Waals surface area contributed by atoms with Crippen molar-refractivity contribution >= 4 is 10.0 Å². The second-order valence-electron chi connectivity index (χ2n) is 5.64. The van der Waals surface area contributed by atoms with Gasteiger partial charge >= 0.3 is 0 Å². The molecule has 2 aromatic rings. The van der Waals surface area contributed by atoms with Crippen LogP contribution in [0.4, 0.5) is 0 Å². The highest BCUT2D eigenvalue weighted by atomic mass is 32.2. The van der Waals surface area contributed by atoms with Crippen LogP contribution in [0.3, 0.4) is 0 Å². The summed E-state index contributed by atoms with van der Waals surface area (Å²) in [6.45, 7) is 4.38. The van der Waals surface area contributed by atoms with Crippen molar-refractivity contribution in [3.05, 3.63) is 47.9 Å². The molecule has 0 saturated carbocycles. The SMILES string of the molecule is COc1ccc(S(=O)(=O)NCCCc2ccco2)cc1C(C)C. The van der Waals surface area contributed by atoms with Gasteiger partial charge in [-0.05, 0) is 48.2 Å². The van der Waals surface area contributed by atoms with Gasteiger partial charge in [0, 0.05) is 13.0 Å². The zero-order chi connectivity index (χ0) is 16.9. The largest absolute Gasteiger partial charge is 0.496 e. The summed E-state index contributed by atoms with van der Waals surface area (Å²) in [5.74, 6) is 1.74. The Kier molecular flexibility index (Phi) is 5.85. The highest BCUT2D eigenvalue weighted by Gasteiger charge is 2.17. The fourth-order valence-corrected chi connectivity index (χ4v) is 3.45. The number of hydrogen-bond acceptors (Lipinski definition) is 4. The van der Waals surface area contributed by atoms with Gasteiger partial charge in [0.2, 0.25) is 10.0 Å². The van der Waals surface area contributed by atoms with E-state index in [2.05, 4.69) is 4.72 Å². The number of sulfonamides is 1. The van der Waals surface area contributed by atoms with E-state index in [0.717, 1.165) is 11.3 Å². The average Bonchev–Trinajstić information content (AvgIpc) is 3.04. The molecule has 0 fully saturated rings. The molecule has 0 unspecified atom stereocenters.